The molecule has 0 radical (unpaired) electrons. The zero-order valence-electron chi connectivity index (χ0n) is 26.6. The zero-order valence-corrected chi connectivity index (χ0v) is 27.6. The van der Waals surface area contributed by atoms with Gasteiger partial charge in [0.1, 0.15) is 6.10 Å². The molecule has 0 unspecified atom stereocenters. The number of unbranched alkanes of at least 4 members (excludes halogenated alkanes) is 7. The lowest BCUT2D eigenvalue weighted by molar-refractivity contribution is -0.150. The molecule has 40 heavy (non-hydrogen) atoms. The van der Waals surface area contributed by atoms with E-state index in [2.05, 4.69) is 40.8 Å². The maximum absolute atomic E-state index is 11.5. The van der Waals surface area contributed by atoms with Crippen molar-refractivity contribution < 1.29 is 28.2 Å². The van der Waals surface area contributed by atoms with Crippen molar-refractivity contribution >= 4 is 14.3 Å². The van der Waals surface area contributed by atoms with E-state index >= 15 is 0 Å². The molecule has 0 aromatic heterocycles. The van der Waals surface area contributed by atoms with Crippen LogP contribution in [0, 0.1) is 0 Å². The Bertz CT molecular complexity index is 781. The van der Waals surface area contributed by atoms with Crippen LogP contribution in [-0.2, 0) is 28.2 Å². The second kappa shape index (κ2) is 14.8. The van der Waals surface area contributed by atoms with Crippen molar-refractivity contribution in [2.24, 2.45) is 0 Å². The number of ether oxygens (including phenoxy) is 4. The average molecular weight is 581 g/mol. The Balaban J connectivity index is 1.24. The number of cyclic esters (lactones) is 1. The van der Waals surface area contributed by atoms with Crippen LogP contribution in [-0.4, -0.2) is 63.1 Å². The van der Waals surface area contributed by atoms with Crippen LogP contribution in [0.25, 0.3) is 0 Å². The molecule has 232 valence electrons. The summed E-state index contributed by atoms with van der Waals surface area (Å²) < 4.78 is 32.3. The Morgan fingerprint density at radius 2 is 1.23 bits per heavy atom. The third-order valence-electron chi connectivity index (χ3n) is 10.4. The standard InChI is InChI=1S/C33H60O6Si/c1-7-8-9-10-11-12-13-14-15-31(39-40(5,6)33(2,3)4)30-21-20-27(37-30)26-17-16-24(35-26)25-18-19-28(36-25)29-22-23-32(34)38-29/h24-31H,7-23H2,1-6H3/t24-,25+,26-,27-,28+,29-,30-,31-/m0/s1. The molecule has 0 aromatic rings. The highest BCUT2D eigenvalue weighted by Crippen LogP contribution is 2.42. The normalized spacial score (nSPS) is 34.0. The highest BCUT2D eigenvalue weighted by atomic mass is 28.4. The van der Waals surface area contributed by atoms with Gasteiger partial charge in [0.15, 0.2) is 8.32 Å². The van der Waals surface area contributed by atoms with Crippen molar-refractivity contribution in [2.45, 2.75) is 204 Å². The van der Waals surface area contributed by atoms with Crippen molar-refractivity contribution in [2.75, 3.05) is 0 Å². The third kappa shape index (κ3) is 8.78. The third-order valence-corrected chi connectivity index (χ3v) is 14.9. The molecule has 0 saturated carbocycles. The molecule has 0 N–H and O–H groups in total. The van der Waals surface area contributed by atoms with Crippen molar-refractivity contribution in [1.82, 2.24) is 0 Å². The summed E-state index contributed by atoms with van der Waals surface area (Å²) in [5.74, 6) is -0.0830. The first-order chi connectivity index (χ1) is 19.1. The molecule has 0 amide bonds. The lowest BCUT2D eigenvalue weighted by Gasteiger charge is -2.41. The van der Waals surface area contributed by atoms with E-state index in [-0.39, 0.29) is 59.8 Å². The van der Waals surface area contributed by atoms with Crippen molar-refractivity contribution in [3.63, 3.8) is 0 Å². The van der Waals surface area contributed by atoms with Crippen LogP contribution in [0.2, 0.25) is 18.1 Å². The molecule has 0 aliphatic carbocycles. The topological polar surface area (TPSA) is 63.2 Å². The van der Waals surface area contributed by atoms with E-state index in [1.165, 1.54) is 51.4 Å². The van der Waals surface area contributed by atoms with Crippen LogP contribution in [0.15, 0.2) is 0 Å². The second-order valence-corrected chi connectivity index (χ2v) is 19.4. The smallest absolute Gasteiger partial charge is 0.306 e. The molecule has 0 spiro atoms. The van der Waals surface area contributed by atoms with Crippen molar-refractivity contribution in [1.29, 1.82) is 0 Å². The molecular weight excluding hydrogens is 520 g/mol. The molecule has 4 heterocycles. The zero-order chi connectivity index (χ0) is 28.8. The number of hydrogen-bond donors (Lipinski definition) is 0. The molecule has 4 fully saturated rings. The molecule has 4 aliphatic heterocycles. The van der Waals surface area contributed by atoms with Crippen LogP contribution in [0.1, 0.15) is 137 Å². The van der Waals surface area contributed by atoms with Gasteiger partial charge in [0, 0.05) is 6.42 Å². The quantitative estimate of drug-likeness (QED) is 0.110. The first kappa shape index (κ1) is 32.4. The van der Waals surface area contributed by atoms with Gasteiger partial charge in [-0.05, 0) is 69.5 Å². The molecule has 4 aliphatic rings. The van der Waals surface area contributed by atoms with Gasteiger partial charge < -0.3 is 23.4 Å². The van der Waals surface area contributed by atoms with E-state index in [4.69, 9.17) is 23.4 Å². The molecule has 0 bridgehead atoms. The Labute approximate surface area is 246 Å². The highest BCUT2D eigenvalue weighted by molar-refractivity contribution is 6.74. The van der Waals surface area contributed by atoms with Gasteiger partial charge in [0.25, 0.3) is 0 Å². The summed E-state index contributed by atoms with van der Waals surface area (Å²) >= 11 is 0. The van der Waals surface area contributed by atoms with E-state index in [0.717, 1.165) is 51.4 Å². The van der Waals surface area contributed by atoms with E-state index in [9.17, 15) is 4.79 Å². The van der Waals surface area contributed by atoms with Gasteiger partial charge >= 0.3 is 5.97 Å². The van der Waals surface area contributed by atoms with Gasteiger partial charge in [-0.15, -0.1) is 0 Å². The van der Waals surface area contributed by atoms with Crippen LogP contribution in [0.5, 0.6) is 0 Å². The van der Waals surface area contributed by atoms with E-state index in [1.807, 2.05) is 0 Å². The van der Waals surface area contributed by atoms with Crippen LogP contribution in [0.3, 0.4) is 0 Å². The molecule has 7 heteroatoms. The summed E-state index contributed by atoms with van der Waals surface area (Å²) in [6.07, 6.45) is 20.2. The van der Waals surface area contributed by atoms with Gasteiger partial charge in [0.05, 0.1) is 42.7 Å². The first-order valence-corrected chi connectivity index (χ1v) is 19.8. The molecule has 0 aromatic carbocycles. The summed E-state index contributed by atoms with van der Waals surface area (Å²) in [5, 5.41) is 0.195. The Kier molecular flexibility index (Phi) is 12.0. The van der Waals surface area contributed by atoms with Crippen molar-refractivity contribution in [3.8, 4) is 0 Å². The summed E-state index contributed by atoms with van der Waals surface area (Å²) in [6.45, 7) is 14.1. The van der Waals surface area contributed by atoms with Crippen molar-refractivity contribution in [3.05, 3.63) is 0 Å². The first-order valence-electron chi connectivity index (χ1n) is 16.9. The minimum atomic E-state index is -1.89. The van der Waals surface area contributed by atoms with Gasteiger partial charge in [-0.3, -0.25) is 4.79 Å². The van der Waals surface area contributed by atoms with Gasteiger partial charge in [-0.25, -0.2) is 0 Å². The van der Waals surface area contributed by atoms with Gasteiger partial charge in [-0.2, -0.15) is 0 Å². The summed E-state index contributed by atoms with van der Waals surface area (Å²) in [6, 6.07) is 0. The van der Waals surface area contributed by atoms with E-state index < -0.39 is 8.32 Å². The van der Waals surface area contributed by atoms with Crippen LogP contribution >= 0.6 is 0 Å². The van der Waals surface area contributed by atoms with Gasteiger partial charge in [-0.1, -0.05) is 79.1 Å². The van der Waals surface area contributed by atoms with E-state index in [1.54, 1.807) is 0 Å². The summed E-state index contributed by atoms with van der Waals surface area (Å²) in [5.41, 5.74) is 0. The Hall–Kier alpha value is -0.473. The SMILES string of the molecule is CCCCCCCCCC[C@H](O[Si](C)(C)C(C)(C)C)[C@@H]1CC[C@@H]([C@@H]2CC[C@@H]([C@H]3CC[C@H]([C@@H]4CCC(=O)O4)O3)O2)O1. The summed E-state index contributed by atoms with van der Waals surface area (Å²) in [4.78, 5) is 11.5. The highest BCUT2D eigenvalue weighted by Gasteiger charge is 2.47. The number of carbonyl (C=O) groups is 1. The fourth-order valence-electron chi connectivity index (χ4n) is 6.87. The largest absolute Gasteiger partial charge is 0.460 e. The lowest BCUT2D eigenvalue weighted by atomic mass is 10.0. The van der Waals surface area contributed by atoms with Crippen LogP contribution < -0.4 is 0 Å². The molecule has 4 saturated heterocycles. The molecule has 6 nitrogen and oxygen atoms in total. The molecule has 8 atom stereocenters. The number of hydrogen-bond acceptors (Lipinski definition) is 6. The minimum absolute atomic E-state index is 0.0378. The fraction of sp³-hybridized carbons (Fsp3) is 0.970. The predicted molar refractivity (Wildman–Crippen MR) is 162 cm³/mol. The Morgan fingerprint density at radius 1 is 0.725 bits per heavy atom. The number of esters is 1. The second-order valence-electron chi connectivity index (χ2n) is 14.6. The van der Waals surface area contributed by atoms with Crippen LogP contribution in [0.4, 0.5) is 0 Å². The lowest BCUT2D eigenvalue weighted by Crippen LogP contribution is -2.47. The fourth-order valence-corrected chi connectivity index (χ4v) is 8.25. The minimum Gasteiger partial charge on any atom is -0.460 e. The monoisotopic (exact) mass is 580 g/mol. The van der Waals surface area contributed by atoms with E-state index in [0.29, 0.717) is 6.42 Å². The Morgan fingerprint density at radius 3 is 1.75 bits per heavy atom. The predicted octanol–water partition coefficient (Wildman–Crippen LogP) is 8.26. The number of carbonyl (C=O) groups excluding carboxylic acids is 1. The molecule has 4 rings (SSSR count). The average Bonchev–Trinajstić information content (AvgIpc) is 3.70. The van der Waals surface area contributed by atoms with Gasteiger partial charge in [0.2, 0.25) is 0 Å². The number of rotatable bonds is 15. The summed E-state index contributed by atoms with van der Waals surface area (Å²) in [7, 11) is -1.89. The maximum atomic E-state index is 11.5. The molecular formula is C33H60O6Si. The maximum Gasteiger partial charge on any atom is 0.306 e.